The van der Waals surface area contributed by atoms with Crippen molar-refractivity contribution in [2.45, 2.75) is 50.1 Å². The first-order valence-corrected chi connectivity index (χ1v) is 10.8. The van der Waals surface area contributed by atoms with Gasteiger partial charge in [0.15, 0.2) is 17.2 Å². The van der Waals surface area contributed by atoms with Crippen molar-refractivity contribution >= 4 is 39.7 Å². The summed E-state index contributed by atoms with van der Waals surface area (Å²) in [4.78, 5) is 48.0. The first-order chi connectivity index (χ1) is 15.5. The van der Waals surface area contributed by atoms with E-state index in [1.54, 1.807) is 6.07 Å². The highest BCUT2D eigenvalue weighted by molar-refractivity contribution is 9.09. The molecule has 182 valence electrons. The van der Waals surface area contributed by atoms with Crippen molar-refractivity contribution in [3.05, 3.63) is 23.8 Å². The van der Waals surface area contributed by atoms with Crippen molar-refractivity contribution in [3.63, 3.8) is 0 Å². The molecule has 1 aromatic carbocycles. The number of hydrogen-bond acceptors (Lipinski definition) is 10. The zero-order valence-electron chi connectivity index (χ0n) is 18.8. The van der Waals surface area contributed by atoms with Crippen LogP contribution in [0.5, 0.6) is 11.5 Å². The number of benzene rings is 1. The second-order valence-corrected chi connectivity index (χ2v) is 7.98. The van der Waals surface area contributed by atoms with Crippen molar-refractivity contribution in [1.82, 2.24) is 5.32 Å². The second-order valence-electron chi connectivity index (χ2n) is 7.08. The van der Waals surface area contributed by atoms with Crippen LogP contribution in [0.4, 0.5) is 0 Å². The summed E-state index contributed by atoms with van der Waals surface area (Å²) in [6.45, 7) is 3.32. The average molecular weight is 532 g/mol. The molecule has 2 rings (SSSR count). The topological polar surface area (TPSA) is 136 Å². The van der Waals surface area contributed by atoms with Gasteiger partial charge < -0.3 is 33.7 Å². The van der Waals surface area contributed by atoms with E-state index in [0.717, 1.165) is 0 Å². The van der Waals surface area contributed by atoms with E-state index in [1.165, 1.54) is 47.1 Å². The number of rotatable bonds is 8. The molecule has 1 saturated heterocycles. The monoisotopic (exact) mass is 531 g/mol. The molecule has 0 saturated carbocycles. The molecule has 33 heavy (non-hydrogen) atoms. The Morgan fingerprint density at radius 2 is 1.45 bits per heavy atom. The van der Waals surface area contributed by atoms with Crippen molar-refractivity contribution in [2.24, 2.45) is 0 Å². The number of methoxy groups -OCH3 is 2. The molecular formula is C21H26BrNO10. The van der Waals surface area contributed by atoms with Gasteiger partial charge in [-0.25, -0.2) is 0 Å². The number of hydrogen-bond donors (Lipinski definition) is 1. The Hall–Kier alpha value is -2.86. The van der Waals surface area contributed by atoms with Gasteiger partial charge in [0.05, 0.1) is 14.2 Å². The summed E-state index contributed by atoms with van der Waals surface area (Å²) < 4.78 is 31.9. The van der Waals surface area contributed by atoms with E-state index in [1.807, 2.05) is 0 Å². The molecule has 0 unspecified atom stereocenters. The zero-order chi connectivity index (χ0) is 24.7. The van der Waals surface area contributed by atoms with E-state index in [-0.39, 0.29) is 12.2 Å². The van der Waals surface area contributed by atoms with Gasteiger partial charge in [0, 0.05) is 32.4 Å². The van der Waals surface area contributed by atoms with E-state index in [9.17, 15) is 19.2 Å². The Morgan fingerprint density at radius 3 is 1.94 bits per heavy atom. The van der Waals surface area contributed by atoms with Crippen LogP contribution < -0.4 is 14.8 Å². The maximum Gasteiger partial charge on any atom is 0.303 e. The van der Waals surface area contributed by atoms with Gasteiger partial charge in [-0.05, 0) is 12.1 Å². The molecule has 1 aliphatic rings. The number of alkyl halides is 1. The van der Waals surface area contributed by atoms with E-state index < -0.39 is 53.2 Å². The number of nitrogens with one attached hydrogen (secondary N) is 1. The zero-order valence-corrected chi connectivity index (χ0v) is 20.4. The van der Waals surface area contributed by atoms with Crippen LogP contribution in [-0.4, -0.2) is 74.0 Å². The molecule has 1 amide bonds. The van der Waals surface area contributed by atoms with Crippen molar-refractivity contribution < 1.29 is 47.6 Å². The number of carbonyl (C=O) groups is 4. The molecule has 0 radical (unpaired) electrons. The molecule has 1 N–H and O–H groups in total. The van der Waals surface area contributed by atoms with E-state index in [2.05, 4.69) is 21.2 Å². The average Bonchev–Trinajstić information content (AvgIpc) is 2.75. The highest BCUT2D eigenvalue weighted by Crippen LogP contribution is 2.30. The van der Waals surface area contributed by atoms with Gasteiger partial charge in [0.2, 0.25) is 0 Å². The predicted molar refractivity (Wildman–Crippen MR) is 116 cm³/mol. The van der Waals surface area contributed by atoms with Gasteiger partial charge in [-0.3, -0.25) is 19.2 Å². The highest BCUT2D eigenvalue weighted by atomic mass is 79.9. The standard InChI is InChI=1S/C21H26BrNO10/c1-10(24)30-9-16-18(31-11(2)25)17(19(20(22)33-16)32-12(3)26)23-21(27)13-6-14(28-4)8-15(7-13)29-5/h6-8,16-20H,9H2,1-5H3,(H,23,27)/t16-,17-,18+,19-,20+/m1/s1. The number of amides is 1. The smallest absolute Gasteiger partial charge is 0.303 e. The number of esters is 3. The van der Waals surface area contributed by atoms with Crippen LogP contribution in [0.15, 0.2) is 18.2 Å². The molecule has 1 heterocycles. The van der Waals surface area contributed by atoms with Crippen LogP contribution in [0.1, 0.15) is 31.1 Å². The van der Waals surface area contributed by atoms with Gasteiger partial charge >= 0.3 is 17.9 Å². The third-order valence-corrected chi connectivity index (χ3v) is 5.34. The summed E-state index contributed by atoms with van der Waals surface area (Å²) in [6.07, 6.45) is -3.17. The Morgan fingerprint density at radius 1 is 0.909 bits per heavy atom. The lowest BCUT2D eigenvalue weighted by Gasteiger charge is -2.43. The van der Waals surface area contributed by atoms with Crippen LogP contribution in [-0.2, 0) is 33.3 Å². The fourth-order valence-corrected chi connectivity index (χ4v) is 3.95. The minimum atomic E-state index is -1.14. The van der Waals surface area contributed by atoms with Crippen molar-refractivity contribution in [2.75, 3.05) is 20.8 Å². The van der Waals surface area contributed by atoms with E-state index in [0.29, 0.717) is 11.5 Å². The number of carbonyl (C=O) groups excluding carboxylic acids is 4. The molecule has 0 aliphatic carbocycles. The lowest BCUT2D eigenvalue weighted by atomic mass is 9.96. The first kappa shape index (κ1) is 26.4. The lowest BCUT2D eigenvalue weighted by Crippen LogP contribution is -2.65. The highest BCUT2D eigenvalue weighted by Gasteiger charge is 2.50. The quantitative estimate of drug-likeness (QED) is 0.297. The Labute approximate surface area is 199 Å². The third-order valence-electron chi connectivity index (χ3n) is 4.60. The normalized spacial score (nSPS) is 24.2. The third kappa shape index (κ3) is 7.32. The van der Waals surface area contributed by atoms with E-state index in [4.69, 9.17) is 28.4 Å². The van der Waals surface area contributed by atoms with Crippen molar-refractivity contribution in [3.8, 4) is 11.5 Å². The molecule has 5 atom stereocenters. The molecule has 12 heteroatoms. The molecular weight excluding hydrogens is 506 g/mol. The minimum absolute atomic E-state index is 0.184. The maximum absolute atomic E-state index is 13.1. The van der Waals surface area contributed by atoms with Crippen LogP contribution >= 0.6 is 15.9 Å². The summed E-state index contributed by atoms with van der Waals surface area (Å²) in [5, 5.41) is 1.84. The summed E-state index contributed by atoms with van der Waals surface area (Å²) in [6, 6.07) is 3.51. The SMILES string of the molecule is COc1cc(OC)cc(C(=O)N[C@H]2[C@@H](OC(C)=O)[C@@H](Br)O[C@H](COC(C)=O)[C@@H]2OC(C)=O)c1. The van der Waals surface area contributed by atoms with Gasteiger partial charge in [0.25, 0.3) is 5.91 Å². The number of ether oxygens (including phenoxy) is 6. The predicted octanol–water partition coefficient (Wildman–Crippen LogP) is 1.35. The van der Waals surface area contributed by atoms with Crippen molar-refractivity contribution in [1.29, 1.82) is 0 Å². The minimum Gasteiger partial charge on any atom is -0.497 e. The number of halogens is 1. The second kappa shape index (κ2) is 11.8. The van der Waals surface area contributed by atoms with Gasteiger partial charge in [-0.15, -0.1) is 0 Å². The van der Waals surface area contributed by atoms with Crippen LogP contribution in [0.3, 0.4) is 0 Å². The van der Waals surface area contributed by atoms with Gasteiger partial charge in [-0.1, -0.05) is 15.9 Å². The maximum atomic E-state index is 13.1. The summed E-state index contributed by atoms with van der Waals surface area (Å²) in [5.41, 5.74) is 0.184. The molecule has 1 aliphatic heterocycles. The summed E-state index contributed by atoms with van der Waals surface area (Å²) in [7, 11) is 2.88. The van der Waals surface area contributed by atoms with Gasteiger partial charge in [0.1, 0.15) is 30.3 Å². The van der Waals surface area contributed by atoms with Crippen LogP contribution in [0, 0.1) is 0 Å². The van der Waals surface area contributed by atoms with Gasteiger partial charge in [-0.2, -0.15) is 0 Å². The lowest BCUT2D eigenvalue weighted by molar-refractivity contribution is -0.202. The molecule has 0 aromatic heterocycles. The fourth-order valence-electron chi connectivity index (χ4n) is 3.23. The Kier molecular flexibility index (Phi) is 9.47. The first-order valence-electron chi connectivity index (χ1n) is 9.87. The van der Waals surface area contributed by atoms with Crippen LogP contribution in [0.2, 0.25) is 0 Å². The molecule has 0 spiro atoms. The molecule has 1 aromatic rings. The molecule has 11 nitrogen and oxygen atoms in total. The largest absolute Gasteiger partial charge is 0.497 e. The fraction of sp³-hybridized carbons (Fsp3) is 0.524. The Balaban J connectivity index is 2.43. The van der Waals surface area contributed by atoms with E-state index >= 15 is 0 Å². The summed E-state index contributed by atoms with van der Waals surface area (Å²) >= 11 is 3.28. The Bertz CT molecular complexity index is 870. The van der Waals surface area contributed by atoms with Crippen LogP contribution in [0.25, 0.3) is 0 Å². The molecule has 1 fully saturated rings. The molecule has 0 bridgehead atoms. The summed E-state index contributed by atoms with van der Waals surface area (Å²) in [5.74, 6) is -1.71.